The van der Waals surface area contributed by atoms with Crippen molar-refractivity contribution in [2.45, 2.75) is 50.6 Å². The van der Waals surface area contributed by atoms with E-state index in [-0.39, 0.29) is 11.4 Å². The molecular formula is C23H28N2O2. The second-order valence-electron chi connectivity index (χ2n) is 7.69. The summed E-state index contributed by atoms with van der Waals surface area (Å²) in [5.74, 6) is 1.14. The molecule has 4 nitrogen and oxygen atoms in total. The van der Waals surface area contributed by atoms with Gasteiger partial charge in [0.15, 0.2) is 0 Å². The third-order valence-corrected chi connectivity index (χ3v) is 6.05. The molecule has 1 saturated carbocycles. The van der Waals surface area contributed by atoms with Crippen molar-refractivity contribution in [1.29, 1.82) is 0 Å². The van der Waals surface area contributed by atoms with E-state index in [9.17, 15) is 4.79 Å². The predicted octanol–water partition coefficient (Wildman–Crippen LogP) is 4.38. The van der Waals surface area contributed by atoms with Crippen LogP contribution in [0.5, 0.6) is 5.75 Å². The van der Waals surface area contributed by atoms with Crippen molar-refractivity contribution < 1.29 is 9.53 Å². The van der Waals surface area contributed by atoms with Crippen molar-refractivity contribution in [1.82, 2.24) is 5.32 Å². The van der Waals surface area contributed by atoms with Gasteiger partial charge in [-0.3, -0.25) is 4.79 Å². The second kappa shape index (κ2) is 7.73. The van der Waals surface area contributed by atoms with Gasteiger partial charge in [0.1, 0.15) is 5.75 Å². The van der Waals surface area contributed by atoms with Crippen LogP contribution >= 0.6 is 0 Å². The predicted molar refractivity (Wildman–Crippen MR) is 108 cm³/mol. The van der Waals surface area contributed by atoms with Crippen LogP contribution in [0.25, 0.3) is 0 Å². The Labute approximate surface area is 161 Å². The Morgan fingerprint density at radius 1 is 1.00 bits per heavy atom. The molecule has 0 radical (unpaired) electrons. The Bertz CT molecular complexity index is 777. The average molecular weight is 364 g/mol. The van der Waals surface area contributed by atoms with E-state index >= 15 is 0 Å². The monoisotopic (exact) mass is 364 g/mol. The van der Waals surface area contributed by atoms with E-state index in [1.165, 1.54) is 36.8 Å². The first-order chi connectivity index (χ1) is 13.2. The molecule has 1 N–H and O–H groups in total. The molecule has 1 heterocycles. The van der Waals surface area contributed by atoms with Crippen molar-refractivity contribution in [2.75, 3.05) is 18.6 Å². The molecule has 27 heavy (non-hydrogen) atoms. The van der Waals surface area contributed by atoms with E-state index in [1.807, 2.05) is 4.90 Å². The highest BCUT2D eigenvalue weighted by molar-refractivity contribution is 5.95. The van der Waals surface area contributed by atoms with E-state index in [2.05, 4.69) is 53.8 Å². The number of anilines is 1. The number of hydrogen-bond donors (Lipinski definition) is 1. The number of ether oxygens (including phenoxy) is 1. The molecule has 0 unspecified atom stereocenters. The SMILES string of the molecule is COc1ccc(C2(NCc3ccc(N4CCCC4=O)cc3)CCCC2)cc1. The van der Waals surface area contributed by atoms with Gasteiger partial charge in [0.25, 0.3) is 0 Å². The van der Waals surface area contributed by atoms with Gasteiger partial charge < -0.3 is 15.0 Å². The lowest BCUT2D eigenvalue weighted by atomic mass is 9.88. The highest BCUT2D eigenvalue weighted by atomic mass is 16.5. The molecule has 4 heteroatoms. The summed E-state index contributed by atoms with van der Waals surface area (Å²) in [6, 6.07) is 16.9. The highest BCUT2D eigenvalue weighted by Gasteiger charge is 2.35. The Morgan fingerprint density at radius 2 is 1.70 bits per heavy atom. The normalized spacial score (nSPS) is 18.9. The first-order valence-corrected chi connectivity index (χ1v) is 9.99. The van der Waals surface area contributed by atoms with Gasteiger partial charge in [0, 0.05) is 30.7 Å². The number of benzene rings is 2. The second-order valence-corrected chi connectivity index (χ2v) is 7.69. The number of rotatable bonds is 6. The zero-order valence-corrected chi connectivity index (χ0v) is 16.0. The molecule has 0 bridgehead atoms. The zero-order chi connectivity index (χ0) is 18.7. The Morgan fingerprint density at radius 3 is 2.30 bits per heavy atom. The number of nitrogens with one attached hydrogen (secondary N) is 1. The third kappa shape index (κ3) is 3.72. The molecule has 0 aromatic heterocycles. The summed E-state index contributed by atoms with van der Waals surface area (Å²) in [6.45, 7) is 1.68. The van der Waals surface area contributed by atoms with Crippen molar-refractivity contribution in [3.05, 3.63) is 59.7 Å². The van der Waals surface area contributed by atoms with Crippen LogP contribution in [-0.2, 0) is 16.9 Å². The van der Waals surface area contributed by atoms with Gasteiger partial charge in [-0.1, -0.05) is 37.1 Å². The molecule has 2 aliphatic rings. The maximum Gasteiger partial charge on any atom is 0.227 e. The lowest BCUT2D eigenvalue weighted by Gasteiger charge is -2.31. The maximum absolute atomic E-state index is 11.9. The zero-order valence-electron chi connectivity index (χ0n) is 16.0. The molecule has 2 fully saturated rings. The fraction of sp³-hybridized carbons (Fsp3) is 0.435. The van der Waals surface area contributed by atoms with Crippen LogP contribution in [0.3, 0.4) is 0 Å². The molecule has 2 aromatic carbocycles. The maximum atomic E-state index is 11.9. The van der Waals surface area contributed by atoms with Crippen molar-refractivity contribution >= 4 is 11.6 Å². The van der Waals surface area contributed by atoms with Crippen LogP contribution < -0.4 is 15.0 Å². The van der Waals surface area contributed by atoms with Crippen molar-refractivity contribution in [2.24, 2.45) is 0 Å². The van der Waals surface area contributed by atoms with Gasteiger partial charge in [0.05, 0.1) is 7.11 Å². The van der Waals surface area contributed by atoms with Crippen molar-refractivity contribution in [3.63, 3.8) is 0 Å². The molecule has 1 aliphatic heterocycles. The largest absolute Gasteiger partial charge is 0.497 e. The molecule has 1 saturated heterocycles. The van der Waals surface area contributed by atoms with Gasteiger partial charge in [0.2, 0.25) is 5.91 Å². The summed E-state index contributed by atoms with van der Waals surface area (Å²) in [7, 11) is 1.71. The summed E-state index contributed by atoms with van der Waals surface area (Å²) in [4.78, 5) is 13.8. The average Bonchev–Trinajstić information content (AvgIpc) is 3.37. The van der Waals surface area contributed by atoms with Gasteiger partial charge >= 0.3 is 0 Å². The van der Waals surface area contributed by atoms with Gasteiger partial charge in [-0.05, 0) is 54.7 Å². The lowest BCUT2D eigenvalue weighted by Crippen LogP contribution is -2.39. The summed E-state index contributed by atoms with van der Waals surface area (Å²) in [5, 5.41) is 3.84. The van der Waals surface area contributed by atoms with E-state index in [1.54, 1.807) is 7.11 Å². The number of amides is 1. The number of hydrogen-bond acceptors (Lipinski definition) is 3. The minimum atomic E-state index is 0.0514. The van der Waals surface area contributed by atoms with E-state index in [4.69, 9.17) is 4.74 Å². The Hall–Kier alpha value is -2.33. The van der Waals surface area contributed by atoms with Gasteiger partial charge in [-0.2, -0.15) is 0 Å². The standard InChI is InChI=1S/C23H28N2O2/c1-27-21-12-8-19(9-13-21)23(14-2-3-15-23)24-17-18-6-10-20(11-7-18)25-16-4-5-22(25)26/h6-13,24H,2-5,14-17H2,1H3. The minimum absolute atomic E-state index is 0.0514. The van der Waals surface area contributed by atoms with Crippen molar-refractivity contribution in [3.8, 4) is 5.75 Å². The smallest absolute Gasteiger partial charge is 0.227 e. The molecule has 1 aliphatic carbocycles. The number of methoxy groups -OCH3 is 1. The van der Waals surface area contributed by atoms with E-state index in [0.717, 1.165) is 30.9 Å². The molecule has 4 rings (SSSR count). The molecule has 0 atom stereocenters. The van der Waals surface area contributed by atoms with Gasteiger partial charge in [-0.15, -0.1) is 0 Å². The summed E-state index contributed by atoms with van der Waals surface area (Å²) in [6.07, 6.45) is 6.49. The minimum Gasteiger partial charge on any atom is -0.497 e. The number of carbonyl (C=O) groups is 1. The molecule has 0 spiro atoms. The third-order valence-electron chi connectivity index (χ3n) is 6.05. The molecular weight excluding hydrogens is 336 g/mol. The summed E-state index contributed by atoms with van der Waals surface area (Å²) in [5.41, 5.74) is 3.67. The van der Waals surface area contributed by atoms with Crippen LogP contribution in [0, 0.1) is 0 Å². The van der Waals surface area contributed by atoms with Crippen LogP contribution in [0.4, 0.5) is 5.69 Å². The Kier molecular flexibility index (Phi) is 5.17. The molecule has 142 valence electrons. The number of carbonyl (C=O) groups excluding carboxylic acids is 1. The van der Waals surface area contributed by atoms with Crippen LogP contribution in [0.15, 0.2) is 48.5 Å². The Balaban J connectivity index is 1.46. The summed E-state index contributed by atoms with van der Waals surface area (Å²) < 4.78 is 5.31. The van der Waals surface area contributed by atoms with E-state index < -0.39 is 0 Å². The summed E-state index contributed by atoms with van der Waals surface area (Å²) >= 11 is 0. The van der Waals surface area contributed by atoms with E-state index in [0.29, 0.717) is 6.42 Å². The topological polar surface area (TPSA) is 41.6 Å². The van der Waals surface area contributed by atoms with Crippen LogP contribution in [0.1, 0.15) is 49.7 Å². The molecule has 2 aromatic rings. The first kappa shape index (κ1) is 18.1. The fourth-order valence-electron chi connectivity index (χ4n) is 4.44. The quantitative estimate of drug-likeness (QED) is 0.827. The van der Waals surface area contributed by atoms with Crippen LogP contribution in [-0.4, -0.2) is 19.6 Å². The number of nitrogens with zero attached hydrogens (tertiary/aromatic N) is 1. The van der Waals surface area contributed by atoms with Crippen LogP contribution in [0.2, 0.25) is 0 Å². The lowest BCUT2D eigenvalue weighted by molar-refractivity contribution is -0.117. The first-order valence-electron chi connectivity index (χ1n) is 9.99. The molecule has 1 amide bonds. The highest BCUT2D eigenvalue weighted by Crippen LogP contribution is 2.39. The van der Waals surface area contributed by atoms with Gasteiger partial charge in [-0.25, -0.2) is 0 Å². The fourth-order valence-corrected chi connectivity index (χ4v) is 4.44.